The van der Waals surface area contributed by atoms with Crippen molar-refractivity contribution in [1.29, 1.82) is 0 Å². The monoisotopic (exact) mass is 655 g/mol. The summed E-state index contributed by atoms with van der Waals surface area (Å²) in [5.41, 5.74) is 9.47. The first kappa shape index (κ1) is 27.9. The van der Waals surface area contributed by atoms with Crippen molar-refractivity contribution in [3.8, 4) is 45.3 Å². The third-order valence-electron chi connectivity index (χ3n) is 9.76. The van der Waals surface area contributed by atoms with Crippen LogP contribution in [0, 0.1) is 0 Å². The predicted molar refractivity (Wildman–Crippen MR) is 203 cm³/mol. The van der Waals surface area contributed by atoms with Crippen LogP contribution in [0.2, 0.25) is 0 Å². The van der Waals surface area contributed by atoms with E-state index in [1.807, 2.05) is 103 Å². The Morgan fingerprint density at radius 1 is 0.314 bits per heavy atom. The van der Waals surface area contributed by atoms with E-state index in [1.165, 1.54) is 0 Å². The van der Waals surface area contributed by atoms with Crippen molar-refractivity contribution < 1.29 is 13.3 Å². The molecule has 0 spiro atoms. The number of para-hydroxylation sites is 3. The maximum absolute atomic E-state index is 6.43. The second-order valence-electron chi connectivity index (χ2n) is 12.8. The molecule has 0 unspecified atom stereocenters. The van der Waals surface area contributed by atoms with E-state index >= 15 is 0 Å². The van der Waals surface area contributed by atoms with Crippen LogP contribution in [0.4, 0.5) is 0 Å². The van der Waals surface area contributed by atoms with Gasteiger partial charge >= 0.3 is 0 Å². The predicted octanol–water partition coefficient (Wildman–Crippen LogP) is 12.2. The van der Waals surface area contributed by atoms with E-state index in [0.717, 1.165) is 93.6 Å². The van der Waals surface area contributed by atoms with Crippen molar-refractivity contribution in [3.05, 3.63) is 152 Å². The van der Waals surface area contributed by atoms with E-state index in [2.05, 4.69) is 48.5 Å². The van der Waals surface area contributed by atoms with Gasteiger partial charge < -0.3 is 13.3 Å². The highest BCUT2D eigenvalue weighted by atomic mass is 16.3. The smallest absolute Gasteiger partial charge is 0.165 e. The fourth-order valence-electron chi connectivity index (χ4n) is 7.38. The van der Waals surface area contributed by atoms with Gasteiger partial charge in [-0.05, 0) is 65.7 Å². The van der Waals surface area contributed by atoms with Gasteiger partial charge in [-0.15, -0.1) is 0 Å². The number of fused-ring (bicyclic) bond motifs is 9. The number of hydrogen-bond donors (Lipinski definition) is 0. The molecule has 0 saturated carbocycles. The van der Waals surface area contributed by atoms with Crippen LogP contribution >= 0.6 is 0 Å². The summed E-state index contributed by atoms with van der Waals surface area (Å²) in [5, 5.41) is 6.18. The summed E-state index contributed by atoms with van der Waals surface area (Å²) in [6, 6.07) is 51.1. The Bertz CT molecular complexity index is 3150. The summed E-state index contributed by atoms with van der Waals surface area (Å²) >= 11 is 0. The van der Waals surface area contributed by atoms with Gasteiger partial charge in [0.1, 0.15) is 33.5 Å². The zero-order valence-corrected chi connectivity index (χ0v) is 27.0. The largest absolute Gasteiger partial charge is 0.456 e. The van der Waals surface area contributed by atoms with E-state index < -0.39 is 0 Å². The number of aromatic nitrogens is 3. The van der Waals surface area contributed by atoms with Gasteiger partial charge in [-0.3, -0.25) is 0 Å². The Morgan fingerprint density at radius 2 is 0.843 bits per heavy atom. The summed E-state index contributed by atoms with van der Waals surface area (Å²) in [6.07, 6.45) is 0. The van der Waals surface area contributed by atoms with Crippen molar-refractivity contribution in [3.63, 3.8) is 0 Å². The van der Waals surface area contributed by atoms with Gasteiger partial charge in [0.25, 0.3) is 0 Å². The van der Waals surface area contributed by atoms with Gasteiger partial charge in [-0.25, -0.2) is 15.0 Å². The van der Waals surface area contributed by atoms with E-state index in [4.69, 9.17) is 28.2 Å². The maximum atomic E-state index is 6.43. The summed E-state index contributed by atoms with van der Waals surface area (Å²) in [6.45, 7) is 0. The number of nitrogens with zero attached hydrogens (tertiary/aromatic N) is 3. The minimum absolute atomic E-state index is 0.549. The van der Waals surface area contributed by atoms with Crippen LogP contribution in [0.15, 0.2) is 165 Å². The lowest BCUT2D eigenvalue weighted by molar-refractivity contribution is 0.668. The highest BCUT2D eigenvalue weighted by Crippen LogP contribution is 2.44. The number of furan rings is 3. The van der Waals surface area contributed by atoms with E-state index in [0.29, 0.717) is 17.5 Å². The molecule has 6 heteroatoms. The number of rotatable bonds is 4. The van der Waals surface area contributed by atoms with Gasteiger partial charge in [0.2, 0.25) is 0 Å². The molecular formula is C45H25N3O3. The second kappa shape index (κ2) is 10.7. The Hall–Kier alpha value is -7.05. The molecular weight excluding hydrogens is 631 g/mol. The standard InChI is InChI=1S/C45H25N3O3/c1-2-10-26(11-3-1)43-46-44(28-18-20-32-30-12-4-7-15-35(30)51-40(32)25-28)48-45(47-43)42-29(21-23-39-41(42)33-14-6-9-17-37(33)50-39)27-19-22-38-34(24-27)31-13-5-8-16-36(31)49-38/h1-25H. The molecule has 7 aromatic carbocycles. The minimum atomic E-state index is 0.549. The number of benzene rings is 7. The third-order valence-corrected chi connectivity index (χ3v) is 9.76. The van der Waals surface area contributed by atoms with Gasteiger partial charge in [0.05, 0.1) is 0 Å². The Labute approximate surface area is 290 Å². The molecule has 0 aliphatic rings. The molecule has 51 heavy (non-hydrogen) atoms. The first-order valence-corrected chi connectivity index (χ1v) is 16.8. The molecule has 0 aliphatic carbocycles. The maximum Gasteiger partial charge on any atom is 0.165 e. The quantitative estimate of drug-likeness (QED) is 0.188. The van der Waals surface area contributed by atoms with E-state index in [9.17, 15) is 0 Å². The van der Waals surface area contributed by atoms with E-state index in [1.54, 1.807) is 0 Å². The van der Waals surface area contributed by atoms with Gasteiger partial charge in [-0.1, -0.05) is 97.1 Å². The second-order valence-corrected chi connectivity index (χ2v) is 12.8. The first-order valence-electron chi connectivity index (χ1n) is 16.8. The zero-order valence-electron chi connectivity index (χ0n) is 27.0. The van der Waals surface area contributed by atoms with Crippen molar-refractivity contribution >= 4 is 65.8 Å². The van der Waals surface area contributed by atoms with Crippen molar-refractivity contribution in [1.82, 2.24) is 15.0 Å². The van der Waals surface area contributed by atoms with Crippen LogP contribution in [0.3, 0.4) is 0 Å². The molecule has 0 atom stereocenters. The van der Waals surface area contributed by atoms with Gasteiger partial charge in [0.15, 0.2) is 17.5 Å². The molecule has 11 aromatic rings. The highest BCUT2D eigenvalue weighted by molar-refractivity contribution is 6.16. The lowest BCUT2D eigenvalue weighted by Gasteiger charge is -2.13. The van der Waals surface area contributed by atoms with Gasteiger partial charge in [-0.2, -0.15) is 0 Å². The third kappa shape index (κ3) is 4.33. The van der Waals surface area contributed by atoms with E-state index in [-0.39, 0.29) is 0 Å². The molecule has 0 fully saturated rings. The lowest BCUT2D eigenvalue weighted by atomic mass is 9.93. The lowest BCUT2D eigenvalue weighted by Crippen LogP contribution is -2.01. The molecule has 6 nitrogen and oxygen atoms in total. The molecule has 11 rings (SSSR count). The van der Waals surface area contributed by atoms with Crippen LogP contribution in [-0.2, 0) is 0 Å². The van der Waals surface area contributed by atoms with Crippen LogP contribution in [0.25, 0.3) is 111 Å². The van der Waals surface area contributed by atoms with Crippen molar-refractivity contribution in [2.45, 2.75) is 0 Å². The summed E-state index contributed by atoms with van der Waals surface area (Å²) in [5.74, 6) is 1.67. The molecule has 0 N–H and O–H groups in total. The van der Waals surface area contributed by atoms with Crippen LogP contribution in [0.5, 0.6) is 0 Å². The zero-order chi connectivity index (χ0) is 33.5. The Balaban J connectivity index is 1.21. The Morgan fingerprint density at radius 3 is 1.63 bits per heavy atom. The van der Waals surface area contributed by atoms with Crippen LogP contribution in [0.1, 0.15) is 0 Å². The summed E-state index contributed by atoms with van der Waals surface area (Å²) < 4.78 is 18.9. The normalized spacial score (nSPS) is 11.9. The fraction of sp³-hybridized carbons (Fsp3) is 0. The molecule has 0 bridgehead atoms. The van der Waals surface area contributed by atoms with Crippen LogP contribution in [-0.4, -0.2) is 15.0 Å². The molecule has 0 aliphatic heterocycles. The molecule has 4 heterocycles. The Kier molecular flexibility index (Phi) is 5.86. The summed E-state index contributed by atoms with van der Waals surface area (Å²) in [7, 11) is 0. The number of hydrogen-bond acceptors (Lipinski definition) is 6. The molecule has 0 radical (unpaired) electrons. The SMILES string of the molecule is c1ccc(-c2nc(-c3ccc4c(c3)oc3ccccc34)nc(-c3c(-c4ccc5oc6ccccc6c5c4)ccc4oc5ccccc5c34)n2)cc1. The molecule has 0 saturated heterocycles. The van der Waals surface area contributed by atoms with Crippen LogP contribution < -0.4 is 0 Å². The molecule has 238 valence electrons. The topological polar surface area (TPSA) is 78.1 Å². The summed E-state index contributed by atoms with van der Waals surface area (Å²) in [4.78, 5) is 15.5. The first-order chi connectivity index (χ1) is 25.2. The average Bonchev–Trinajstić information content (AvgIpc) is 3.88. The molecule has 0 amide bonds. The molecule has 4 aromatic heterocycles. The average molecular weight is 656 g/mol. The van der Waals surface area contributed by atoms with Crippen molar-refractivity contribution in [2.24, 2.45) is 0 Å². The highest BCUT2D eigenvalue weighted by Gasteiger charge is 2.23. The minimum Gasteiger partial charge on any atom is -0.456 e. The van der Waals surface area contributed by atoms with Gasteiger partial charge in [0, 0.05) is 49.0 Å². The van der Waals surface area contributed by atoms with Crippen molar-refractivity contribution in [2.75, 3.05) is 0 Å². The fourth-order valence-corrected chi connectivity index (χ4v) is 7.38.